The van der Waals surface area contributed by atoms with Crippen molar-refractivity contribution in [2.75, 3.05) is 13.1 Å². The van der Waals surface area contributed by atoms with Gasteiger partial charge < -0.3 is 15.0 Å². The Kier molecular flexibility index (Phi) is 5.02. The van der Waals surface area contributed by atoms with Crippen molar-refractivity contribution in [3.63, 3.8) is 0 Å². The molecule has 1 aliphatic rings. The van der Waals surface area contributed by atoms with Gasteiger partial charge in [0, 0.05) is 22.6 Å². The van der Waals surface area contributed by atoms with E-state index in [-0.39, 0.29) is 18.0 Å². The molecule has 0 unspecified atom stereocenters. The van der Waals surface area contributed by atoms with Gasteiger partial charge in [-0.25, -0.2) is 4.79 Å². The maximum atomic E-state index is 12.2. The zero-order valence-electron chi connectivity index (χ0n) is 12.7. The summed E-state index contributed by atoms with van der Waals surface area (Å²) in [4.78, 5) is 25.5. The van der Waals surface area contributed by atoms with E-state index in [1.807, 2.05) is 20.8 Å². The van der Waals surface area contributed by atoms with Gasteiger partial charge in [-0.3, -0.25) is 4.79 Å². The molecule has 1 heterocycles. The topological polar surface area (TPSA) is 58.6 Å². The molecule has 22 heavy (non-hydrogen) atoms. The molecule has 0 radical (unpaired) electrons. The van der Waals surface area contributed by atoms with Crippen molar-refractivity contribution in [3.8, 4) is 0 Å². The number of ether oxygens (including phenoxy) is 1. The highest BCUT2D eigenvalue weighted by molar-refractivity contribution is 9.10. The Morgan fingerprint density at radius 2 is 2.00 bits per heavy atom. The van der Waals surface area contributed by atoms with Crippen LogP contribution in [-0.4, -0.2) is 41.6 Å². The molecule has 0 spiro atoms. The number of likely N-dealkylation sites (tertiary alicyclic amines) is 1. The minimum absolute atomic E-state index is 0.0670. The largest absolute Gasteiger partial charge is 0.444 e. The van der Waals surface area contributed by atoms with Gasteiger partial charge in [-0.15, -0.1) is 0 Å². The minimum Gasteiger partial charge on any atom is -0.444 e. The van der Waals surface area contributed by atoms with Crippen LogP contribution in [0.3, 0.4) is 0 Å². The molecule has 0 saturated carbocycles. The summed E-state index contributed by atoms with van der Waals surface area (Å²) < 4.78 is 5.90. The number of carbonyl (C=O) groups is 2. The Morgan fingerprint density at radius 3 is 2.55 bits per heavy atom. The number of hydrogen-bond donors (Lipinski definition) is 1. The van der Waals surface area contributed by atoms with Crippen LogP contribution in [0.15, 0.2) is 22.7 Å². The first kappa shape index (κ1) is 17.1. The summed E-state index contributed by atoms with van der Waals surface area (Å²) in [5.41, 5.74) is -0.000298. The summed E-state index contributed by atoms with van der Waals surface area (Å²) >= 11 is 9.17. The van der Waals surface area contributed by atoms with E-state index in [2.05, 4.69) is 21.2 Å². The van der Waals surface area contributed by atoms with Crippen LogP contribution in [0.25, 0.3) is 0 Å². The van der Waals surface area contributed by atoms with Crippen molar-refractivity contribution in [2.24, 2.45) is 0 Å². The van der Waals surface area contributed by atoms with Gasteiger partial charge in [0.15, 0.2) is 0 Å². The van der Waals surface area contributed by atoms with Crippen molar-refractivity contribution in [3.05, 3.63) is 33.3 Å². The summed E-state index contributed by atoms with van der Waals surface area (Å²) in [6.45, 7) is 6.36. The summed E-state index contributed by atoms with van der Waals surface area (Å²) in [5.74, 6) is -0.197. The number of nitrogens with one attached hydrogen (secondary N) is 1. The average Bonchev–Trinajstić information content (AvgIpc) is 2.30. The van der Waals surface area contributed by atoms with Crippen LogP contribution in [0.1, 0.15) is 31.1 Å². The third kappa shape index (κ3) is 4.36. The lowest BCUT2D eigenvalue weighted by Gasteiger charge is -2.40. The van der Waals surface area contributed by atoms with Crippen LogP contribution in [0.4, 0.5) is 4.79 Å². The second-order valence-electron chi connectivity index (χ2n) is 6.18. The first-order chi connectivity index (χ1) is 10.2. The highest BCUT2D eigenvalue weighted by Crippen LogP contribution is 2.22. The molecule has 1 N–H and O–H groups in total. The fraction of sp³-hybridized carbons (Fsp3) is 0.467. The molecule has 120 valence electrons. The van der Waals surface area contributed by atoms with Crippen molar-refractivity contribution in [1.82, 2.24) is 10.2 Å². The fourth-order valence-electron chi connectivity index (χ4n) is 1.98. The molecule has 0 aromatic heterocycles. The number of nitrogens with zero attached hydrogens (tertiary/aromatic N) is 1. The molecule has 1 aromatic carbocycles. The zero-order chi connectivity index (χ0) is 16.5. The van der Waals surface area contributed by atoms with Crippen LogP contribution in [0.2, 0.25) is 5.02 Å². The maximum Gasteiger partial charge on any atom is 0.410 e. The quantitative estimate of drug-likeness (QED) is 0.843. The highest BCUT2D eigenvalue weighted by Gasteiger charge is 2.34. The predicted molar refractivity (Wildman–Crippen MR) is 88.2 cm³/mol. The molecule has 2 amide bonds. The molecule has 1 aromatic rings. The number of benzene rings is 1. The molecular formula is C15H18BrClN2O3. The third-order valence-corrected chi connectivity index (χ3v) is 3.94. The number of rotatable bonds is 2. The van der Waals surface area contributed by atoms with Gasteiger partial charge in [-0.05, 0) is 54.9 Å². The van der Waals surface area contributed by atoms with Gasteiger partial charge in [0.1, 0.15) is 5.60 Å². The molecule has 0 aliphatic carbocycles. The van der Waals surface area contributed by atoms with Gasteiger partial charge in [0.2, 0.25) is 0 Å². The zero-order valence-corrected chi connectivity index (χ0v) is 15.0. The molecule has 1 fully saturated rings. The lowest BCUT2D eigenvalue weighted by molar-refractivity contribution is 0.00533. The third-order valence-electron chi connectivity index (χ3n) is 3.04. The number of carbonyl (C=O) groups excluding carboxylic acids is 2. The van der Waals surface area contributed by atoms with Crippen LogP contribution in [0, 0.1) is 0 Å². The maximum absolute atomic E-state index is 12.2. The first-order valence-corrected chi connectivity index (χ1v) is 8.06. The normalized spacial score (nSPS) is 15.2. The highest BCUT2D eigenvalue weighted by atomic mass is 79.9. The SMILES string of the molecule is CC(C)(C)OC(=O)N1CC(NC(=O)c2ccc(Cl)cc2Br)C1. The second kappa shape index (κ2) is 6.46. The number of hydrogen-bond acceptors (Lipinski definition) is 3. The van der Waals surface area contributed by atoms with E-state index < -0.39 is 5.60 Å². The molecule has 0 bridgehead atoms. The van der Waals surface area contributed by atoms with E-state index in [1.165, 1.54) is 0 Å². The van der Waals surface area contributed by atoms with Crippen LogP contribution < -0.4 is 5.32 Å². The number of halogens is 2. The monoisotopic (exact) mass is 388 g/mol. The smallest absolute Gasteiger partial charge is 0.410 e. The van der Waals surface area contributed by atoms with Crippen LogP contribution in [-0.2, 0) is 4.74 Å². The molecular weight excluding hydrogens is 372 g/mol. The second-order valence-corrected chi connectivity index (χ2v) is 7.47. The van der Waals surface area contributed by atoms with Crippen molar-refractivity contribution in [2.45, 2.75) is 32.4 Å². The van der Waals surface area contributed by atoms with Crippen LogP contribution >= 0.6 is 27.5 Å². The molecule has 5 nitrogen and oxygen atoms in total. The van der Waals surface area contributed by atoms with E-state index in [1.54, 1.807) is 23.1 Å². The van der Waals surface area contributed by atoms with Gasteiger partial charge >= 0.3 is 6.09 Å². The summed E-state index contributed by atoms with van der Waals surface area (Å²) in [5, 5.41) is 3.44. The van der Waals surface area contributed by atoms with Crippen molar-refractivity contribution in [1.29, 1.82) is 0 Å². The van der Waals surface area contributed by atoms with Crippen molar-refractivity contribution >= 4 is 39.5 Å². The lowest BCUT2D eigenvalue weighted by atomic mass is 10.1. The van der Waals surface area contributed by atoms with Crippen LogP contribution in [0.5, 0.6) is 0 Å². The van der Waals surface area contributed by atoms with E-state index in [4.69, 9.17) is 16.3 Å². The Bertz CT molecular complexity index is 595. The lowest BCUT2D eigenvalue weighted by Crippen LogP contribution is -2.61. The van der Waals surface area contributed by atoms with E-state index in [0.29, 0.717) is 28.1 Å². The summed E-state index contributed by atoms with van der Waals surface area (Å²) in [6.07, 6.45) is -0.356. The van der Waals surface area contributed by atoms with Gasteiger partial charge in [-0.2, -0.15) is 0 Å². The molecule has 2 rings (SSSR count). The van der Waals surface area contributed by atoms with Gasteiger partial charge in [0.05, 0.1) is 11.6 Å². The average molecular weight is 390 g/mol. The standard InChI is InChI=1S/C15H18BrClN2O3/c1-15(2,3)22-14(21)19-7-10(8-19)18-13(20)11-5-4-9(17)6-12(11)16/h4-6,10H,7-8H2,1-3H3,(H,18,20). The van der Waals surface area contributed by atoms with Gasteiger partial charge in [0.25, 0.3) is 5.91 Å². The first-order valence-electron chi connectivity index (χ1n) is 6.89. The van der Waals surface area contributed by atoms with E-state index in [9.17, 15) is 9.59 Å². The van der Waals surface area contributed by atoms with E-state index >= 15 is 0 Å². The Hall–Kier alpha value is -1.27. The number of amides is 2. The van der Waals surface area contributed by atoms with Crippen molar-refractivity contribution < 1.29 is 14.3 Å². The van der Waals surface area contributed by atoms with E-state index in [0.717, 1.165) is 0 Å². The Balaban J connectivity index is 1.85. The summed E-state index contributed by atoms with van der Waals surface area (Å²) in [7, 11) is 0. The fourth-order valence-corrected chi connectivity index (χ4v) is 2.84. The Labute approximate surface area is 143 Å². The molecule has 7 heteroatoms. The molecule has 1 aliphatic heterocycles. The minimum atomic E-state index is -0.514. The molecule has 1 saturated heterocycles. The Morgan fingerprint density at radius 1 is 1.36 bits per heavy atom. The van der Waals surface area contributed by atoms with Gasteiger partial charge in [-0.1, -0.05) is 11.6 Å². The summed E-state index contributed by atoms with van der Waals surface area (Å²) in [6, 6.07) is 4.92. The molecule has 0 atom stereocenters. The predicted octanol–water partition coefficient (Wildman–Crippen LogP) is 3.45.